The minimum absolute atomic E-state index is 0.0871. The largest absolute Gasteiger partial charge is 0.351 e. The Morgan fingerprint density at radius 3 is 2.95 bits per heavy atom. The molecular weight excluding hydrogens is 276 g/mol. The van der Waals surface area contributed by atoms with E-state index in [1.54, 1.807) is 0 Å². The Kier molecular flexibility index (Phi) is 4.19. The third-order valence-corrected chi connectivity index (χ3v) is 4.95. The number of benzene rings is 1. The summed E-state index contributed by atoms with van der Waals surface area (Å²) in [6, 6.07) is 8.52. The number of carbonyl (C=O) groups excluding carboxylic acids is 2. The minimum atomic E-state index is -0.209. The summed E-state index contributed by atoms with van der Waals surface area (Å²) in [5, 5.41) is 6.16. The van der Waals surface area contributed by atoms with Gasteiger partial charge in [-0.05, 0) is 50.2 Å². The molecule has 0 aromatic heterocycles. The fraction of sp³-hybridized carbons (Fsp3) is 0.556. The van der Waals surface area contributed by atoms with Gasteiger partial charge in [-0.2, -0.15) is 0 Å². The maximum absolute atomic E-state index is 12.3. The Morgan fingerprint density at radius 2 is 2.18 bits per heavy atom. The van der Waals surface area contributed by atoms with Gasteiger partial charge >= 0.3 is 0 Å². The summed E-state index contributed by atoms with van der Waals surface area (Å²) in [6.45, 7) is 2.03. The fourth-order valence-electron chi connectivity index (χ4n) is 3.60. The summed E-state index contributed by atoms with van der Waals surface area (Å²) in [5.74, 6) is 0.188. The molecule has 1 aliphatic heterocycles. The van der Waals surface area contributed by atoms with E-state index in [1.807, 2.05) is 13.0 Å². The lowest BCUT2D eigenvalue weighted by molar-refractivity contribution is -0.123. The van der Waals surface area contributed by atoms with Crippen molar-refractivity contribution < 1.29 is 9.59 Å². The predicted molar refractivity (Wildman–Crippen MR) is 85.3 cm³/mol. The number of hydrogen-bond acceptors (Lipinski definition) is 2. The number of hydrogen-bond donors (Lipinski definition) is 2. The van der Waals surface area contributed by atoms with Crippen molar-refractivity contribution >= 4 is 11.8 Å². The molecule has 2 N–H and O–H groups in total. The van der Waals surface area contributed by atoms with Gasteiger partial charge in [-0.3, -0.25) is 9.59 Å². The van der Waals surface area contributed by atoms with Crippen LogP contribution in [-0.2, 0) is 16.0 Å². The number of amides is 2. The SMILES string of the molecule is CC1(CCC(=O)NC2CCCc3ccccc32)CCC(=O)N1. The van der Waals surface area contributed by atoms with Crippen molar-refractivity contribution in [1.29, 1.82) is 0 Å². The Bertz CT molecular complexity index is 584. The number of rotatable bonds is 4. The number of carbonyl (C=O) groups is 2. The molecule has 2 aliphatic rings. The summed E-state index contributed by atoms with van der Waals surface area (Å²) in [4.78, 5) is 23.6. The molecule has 1 aromatic carbocycles. The number of fused-ring (bicyclic) bond motifs is 1. The van der Waals surface area contributed by atoms with Crippen LogP contribution in [0.2, 0.25) is 0 Å². The Hall–Kier alpha value is -1.84. The van der Waals surface area contributed by atoms with E-state index in [4.69, 9.17) is 0 Å². The van der Waals surface area contributed by atoms with Gasteiger partial charge in [0.1, 0.15) is 0 Å². The Morgan fingerprint density at radius 1 is 1.36 bits per heavy atom. The molecule has 3 rings (SSSR count). The van der Waals surface area contributed by atoms with Crippen LogP contribution < -0.4 is 10.6 Å². The Balaban J connectivity index is 1.56. The highest BCUT2D eigenvalue weighted by Crippen LogP contribution is 2.30. The molecule has 118 valence electrons. The van der Waals surface area contributed by atoms with E-state index in [0.717, 1.165) is 25.7 Å². The van der Waals surface area contributed by atoms with Crippen molar-refractivity contribution in [1.82, 2.24) is 10.6 Å². The van der Waals surface area contributed by atoms with Gasteiger partial charge < -0.3 is 10.6 Å². The smallest absolute Gasteiger partial charge is 0.220 e. The molecule has 1 fully saturated rings. The summed E-state index contributed by atoms with van der Waals surface area (Å²) >= 11 is 0. The van der Waals surface area contributed by atoms with Crippen molar-refractivity contribution in [2.75, 3.05) is 0 Å². The minimum Gasteiger partial charge on any atom is -0.351 e. The predicted octanol–water partition coefficient (Wildman–Crippen LogP) is 2.63. The molecule has 4 heteroatoms. The quantitative estimate of drug-likeness (QED) is 0.898. The highest BCUT2D eigenvalue weighted by atomic mass is 16.2. The maximum atomic E-state index is 12.3. The molecule has 0 spiro atoms. The number of nitrogens with one attached hydrogen (secondary N) is 2. The van der Waals surface area contributed by atoms with Crippen LogP contribution in [0.1, 0.15) is 62.6 Å². The zero-order valence-electron chi connectivity index (χ0n) is 13.2. The van der Waals surface area contributed by atoms with E-state index in [9.17, 15) is 9.59 Å². The van der Waals surface area contributed by atoms with E-state index in [0.29, 0.717) is 19.3 Å². The van der Waals surface area contributed by atoms with Gasteiger partial charge in [-0.1, -0.05) is 24.3 Å². The van der Waals surface area contributed by atoms with Crippen LogP contribution in [0.15, 0.2) is 24.3 Å². The first-order valence-electron chi connectivity index (χ1n) is 8.24. The van der Waals surface area contributed by atoms with E-state index in [1.165, 1.54) is 11.1 Å². The second kappa shape index (κ2) is 6.11. The first-order chi connectivity index (χ1) is 10.6. The van der Waals surface area contributed by atoms with Gasteiger partial charge in [0, 0.05) is 18.4 Å². The monoisotopic (exact) mass is 300 g/mol. The topological polar surface area (TPSA) is 58.2 Å². The summed E-state index contributed by atoms with van der Waals surface area (Å²) in [7, 11) is 0. The summed E-state index contributed by atoms with van der Waals surface area (Å²) in [5.41, 5.74) is 2.41. The molecule has 22 heavy (non-hydrogen) atoms. The van der Waals surface area contributed by atoms with Gasteiger partial charge in [0.15, 0.2) is 0 Å². The second-order valence-corrected chi connectivity index (χ2v) is 6.82. The first kappa shape index (κ1) is 15.1. The lowest BCUT2D eigenvalue weighted by Crippen LogP contribution is -2.40. The summed E-state index contributed by atoms with van der Waals surface area (Å²) < 4.78 is 0. The molecule has 4 nitrogen and oxygen atoms in total. The van der Waals surface area contributed by atoms with Gasteiger partial charge in [0.2, 0.25) is 11.8 Å². The standard InChI is InChI=1S/C18H24N2O2/c1-18(12-10-17(22)20-18)11-9-16(21)19-15-8-4-6-13-5-2-3-7-14(13)15/h2-3,5,7,15H,4,6,8-12H2,1H3,(H,19,21)(H,20,22). The zero-order chi connectivity index (χ0) is 15.6. The molecule has 1 saturated heterocycles. The maximum Gasteiger partial charge on any atom is 0.220 e. The molecule has 1 aromatic rings. The van der Waals surface area contributed by atoms with Crippen LogP contribution in [-0.4, -0.2) is 17.4 Å². The van der Waals surface area contributed by atoms with E-state index >= 15 is 0 Å². The van der Waals surface area contributed by atoms with Crippen molar-refractivity contribution in [3.05, 3.63) is 35.4 Å². The van der Waals surface area contributed by atoms with Crippen molar-refractivity contribution in [3.8, 4) is 0 Å². The molecule has 2 unspecified atom stereocenters. The normalized spacial score (nSPS) is 27.1. The molecular formula is C18H24N2O2. The van der Waals surface area contributed by atoms with Gasteiger partial charge in [-0.25, -0.2) is 0 Å². The molecule has 0 radical (unpaired) electrons. The third kappa shape index (κ3) is 3.32. The van der Waals surface area contributed by atoms with Crippen LogP contribution in [0.3, 0.4) is 0 Å². The van der Waals surface area contributed by atoms with Gasteiger partial charge in [-0.15, -0.1) is 0 Å². The fourth-order valence-corrected chi connectivity index (χ4v) is 3.60. The van der Waals surface area contributed by atoms with E-state index in [-0.39, 0.29) is 23.4 Å². The molecule has 0 saturated carbocycles. The third-order valence-electron chi connectivity index (χ3n) is 4.95. The second-order valence-electron chi connectivity index (χ2n) is 6.82. The zero-order valence-corrected chi connectivity index (χ0v) is 13.2. The van der Waals surface area contributed by atoms with Crippen molar-refractivity contribution in [2.24, 2.45) is 0 Å². The van der Waals surface area contributed by atoms with Crippen LogP contribution in [0.25, 0.3) is 0 Å². The lowest BCUT2D eigenvalue weighted by Gasteiger charge is -2.27. The average molecular weight is 300 g/mol. The highest BCUT2D eigenvalue weighted by molar-refractivity contribution is 5.80. The van der Waals surface area contributed by atoms with Gasteiger partial charge in [0.25, 0.3) is 0 Å². The Labute approximate surface area is 131 Å². The molecule has 0 bridgehead atoms. The van der Waals surface area contributed by atoms with E-state index < -0.39 is 0 Å². The van der Waals surface area contributed by atoms with Crippen LogP contribution >= 0.6 is 0 Å². The lowest BCUT2D eigenvalue weighted by atomic mass is 9.87. The average Bonchev–Trinajstić information content (AvgIpc) is 2.86. The van der Waals surface area contributed by atoms with E-state index in [2.05, 4.69) is 28.8 Å². The number of aryl methyl sites for hydroxylation is 1. The molecule has 1 heterocycles. The van der Waals surface area contributed by atoms with Crippen molar-refractivity contribution in [3.63, 3.8) is 0 Å². The summed E-state index contributed by atoms with van der Waals surface area (Å²) in [6.07, 6.45) is 5.81. The van der Waals surface area contributed by atoms with Crippen LogP contribution in [0.4, 0.5) is 0 Å². The van der Waals surface area contributed by atoms with Crippen molar-refractivity contribution in [2.45, 2.75) is 63.5 Å². The van der Waals surface area contributed by atoms with Crippen LogP contribution in [0.5, 0.6) is 0 Å². The molecule has 2 amide bonds. The highest BCUT2D eigenvalue weighted by Gasteiger charge is 2.33. The molecule has 1 aliphatic carbocycles. The first-order valence-corrected chi connectivity index (χ1v) is 8.24. The van der Waals surface area contributed by atoms with Gasteiger partial charge in [0.05, 0.1) is 6.04 Å². The molecule has 2 atom stereocenters. The van der Waals surface area contributed by atoms with Crippen LogP contribution in [0, 0.1) is 0 Å².